The van der Waals surface area contributed by atoms with Crippen molar-refractivity contribution < 1.29 is 13.9 Å². The highest BCUT2D eigenvalue weighted by atomic mass is 16.5. The van der Waals surface area contributed by atoms with Crippen molar-refractivity contribution in [2.75, 3.05) is 7.11 Å². The van der Waals surface area contributed by atoms with Crippen molar-refractivity contribution in [2.45, 2.75) is 6.42 Å². The van der Waals surface area contributed by atoms with Gasteiger partial charge >= 0.3 is 5.97 Å². The molecule has 20 heavy (non-hydrogen) atoms. The molecule has 5 heteroatoms. The predicted octanol–water partition coefficient (Wildman–Crippen LogP) is 2.60. The summed E-state index contributed by atoms with van der Waals surface area (Å²) in [5.74, 6) is 0.215. The molecule has 0 bridgehead atoms. The molecule has 2 heterocycles. The highest BCUT2D eigenvalue weighted by Crippen LogP contribution is 2.16. The number of oxazole rings is 1. The average molecular weight is 268 g/mol. The minimum atomic E-state index is -0.355. The Labute approximate surface area is 115 Å². The fourth-order valence-electron chi connectivity index (χ4n) is 1.99. The zero-order valence-corrected chi connectivity index (χ0v) is 10.9. The van der Waals surface area contributed by atoms with Crippen LogP contribution in [0.3, 0.4) is 0 Å². The molecule has 1 aromatic carbocycles. The molecule has 0 radical (unpaired) electrons. The number of carbonyl (C=O) groups excluding carboxylic acids is 1. The molecule has 100 valence electrons. The van der Waals surface area contributed by atoms with Gasteiger partial charge in [0.15, 0.2) is 11.2 Å². The van der Waals surface area contributed by atoms with Crippen LogP contribution in [0.5, 0.6) is 0 Å². The summed E-state index contributed by atoms with van der Waals surface area (Å²) in [5.41, 5.74) is 2.69. The first-order chi connectivity index (χ1) is 9.76. The largest absolute Gasteiger partial charge is 0.465 e. The minimum absolute atomic E-state index is 0.355. The second kappa shape index (κ2) is 5.13. The second-order valence-electron chi connectivity index (χ2n) is 4.30. The van der Waals surface area contributed by atoms with Gasteiger partial charge in [-0.15, -0.1) is 0 Å². The number of carbonyl (C=O) groups is 1. The first-order valence-corrected chi connectivity index (χ1v) is 6.14. The van der Waals surface area contributed by atoms with Crippen molar-refractivity contribution in [1.82, 2.24) is 9.97 Å². The molecular formula is C15H12N2O3. The fraction of sp³-hybridized carbons (Fsp3) is 0.133. The van der Waals surface area contributed by atoms with Crippen LogP contribution in [0.15, 0.2) is 47.0 Å². The van der Waals surface area contributed by atoms with Gasteiger partial charge in [-0.1, -0.05) is 12.1 Å². The Balaban J connectivity index is 1.88. The summed E-state index contributed by atoms with van der Waals surface area (Å²) in [7, 11) is 1.36. The monoisotopic (exact) mass is 268 g/mol. The van der Waals surface area contributed by atoms with Crippen molar-refractivity contribution in [2.24, 2.45) is 0 Å². The van der Waals surface area contributed by atoms with Crippen LogP contribution < -0.4 is 0 Å². The summed E-state index contributed by atoms with van der Waals surface area (Å²) >= 11 is 0. The van der Waals surface area contributed by atoms with Crippen molar-refractivity contribution in [3.63, 3.8) is 0 Å². The molecule has 0 atom stereocenters. The zero-order chi connectivity index (χ0) is 13.9. The van der Waals surface area contributed by atoms with Crippen molar-refractivity contribution >= 4 is 17.2 Å². The first-order valence-electron chi connectivity index (χ1n) is 6.14. The topological polar surface area (TPSA) is 65.2 Å². The van der Waals surface area contributed by atoms with Crippen LogP contribution in [0.25, 0.3) is 11.2 Å². The quantitative estimate of drug-likeness (QED) is 0.683. The number of fused-ring (bicyclic) bond motifs is 1. The molecular weight excluding hydrogens is 256 g/mol. The van der Waals surface area contributed by atoms with E-state index < -0.39 is 0 Å². The highest BCUT2D eigenvalue weighted by molar-refractivity contribution is 5.89. The van der Waals surface area contributed by atoms with Crippen molar-refractivity contribution in [1.29, 1.82) is 0 Å². The SMILES string of the molecule is COC(=O)c1cccc(Cc2nc3ncccc3o2)c1. The maximum Gasteiger partial charge on any atom is 0.337 e. The molecule has 2 aromatic heterocycles. The summed E-state index contributed by atoms with van der Waals surface area (Å²) in [6.45, 7) is 0. The molecule has 0 saturated heterocycles. The number of pyridine rings is 1. The average Bonchev–Trinajstić information content (AvgIpc) is 2.88. The predicted molar refractivity (Wildman–Crippen MR) is 72.4 cm³/mol. The Morgan fingerprint density at radius 1 is 1.30 bits per heavy atom. The van der Waals surface area contributed by atoms with E-state index >= 15 is 0 Å². The van der Waals surface area contributed by atoms with Crippen LogP contribution in [-0.4, -0.2) is 23.0 Å². The van der Waals surface area contributed by atoms with Gasteiger partial charge in [-0.25, -0.2) is 9.78 Å². The van der Waals surface area contributed by atoms with E-state index in [1.54, 1.807) is 24.4 Å². The summed E-state index contributed by atoms with van der Waals surface area (Å²) in [4.78, 5) is 19.9. The fourth-order valence-corrected chi connectivity index (χ4v) is 1.99. The lowest BCUT2D eigenvalue weighted by atomic mass is 10.1. The molecule has 0 aliphatic heterocycles. The zero-order valence-electron chi connectivity index (χ0n) is 10.9. The summed E-state index contributed by atoms with van der Waals surface area (Å²) in [6.07, 6.45) is 2.17. The maximum atomic E-state index is 11.5. The lowest BCUT2D eigenvalue weighted by Crippen LogP contribution is -2.01. The molecule has 0 aliphatic rings. The molecule has 0 unspecified atom stereocenters. The molecule has 0 fully saturated rings. The second-order valence-corrected chi connectivity index (χ2v) is 4.30. The number of rotatable bonds is 3. The normalized spacial score (nSPS) is 10.7. The Hall–Kier alpha value is -2.69. The van der Waals surface area contributed by atoms with Gasteiger partial charge in [0.1, 0.15) is 0 Å². The first kappa shape index (κ1) is 12.3. The van der Waals surface area contributed by atoms with Gasteiger partial charge in [0.2, 0.25) is 5.89 Å². The van der Waals surface area contributed by atoms with E-state index in [0.29, 0.717) is 29.1 Å². The van der Waals surface area contributed by atoms with E-state index in [1.165, 1.54) is 7.11 Å². The van der Waals surface area contributed by atoms with E-state index in [9.17, 15) is 4.79 Å². The molecule has 0 spiro atoms. The van der Waals surface area contributed by atoms with Crippen molar-refractivity contribution in [3.05, 3.63) is 59.6 Å². The third kappa shape index (κ3) is 2.38. The van der Waals surface area contributed by atoms with E-state index in [0.717, 1.165) is 5.56 Å². The van der Waals surface area contributed by atoms with E-state index in [1.807, 2.05) is 18.2 Å². The number of benzene rings is 1. The van der Waals surface area contributed by atoms with Crippen LogP contribution in [0.4, 0.5) is 0 Å². The molecule has 0 aliphatic carbocycles. The summed E-state index contributed by atoms with van der Waals surface area (Å²) in [6, 6.07) is 10.8. The number of aromatic nitrogens is 2. The number of methoxy groups -OCH3 is 1. The summed E-state index contributed by atoms with van der Waals surface area (Å²) in [5, 5.41) is 0. The van der Waals surface area contributed by atoms with Crippen LogP contribution in [0, 0.1) is 0 Å². The van der Waals surface area contributed by atoms with Gasteiger partial charge in [-0.3, -0.25) is 0 Å². The molecule has 0 N–H and O–H groups in total. The van der Waals surface area contributed by atoms with Crippen LogP contribution in [0.1, 0.15) is 21.8 Å². The lowest BCUT2D eigenvalue weighted by molar-refractivity contribution is 0.0600. The van der Waals surface area contributed by atoms with E-state index in [4.69, 9.17) is 9.15 Å². The van der Waals surface area contributed by atoms with Gasteiger partial charge in [0.25, 0.3) is 0 Å². The van der Waals surface area contributed by atoms with Gasteiger partial charge in [-0.05, 0) is 29.8 Å². The number of hydrogen-bond donors (Lipinski definition) is 0. The van der Waals surface area contributed by atoms with E-state index in [2.05, 4.69) is 9.97 Å². The summed E-state index contributed by atoms with van der Waals surface area (Å²) < 4.78 is 10.3. The number of hydrogen-bond acceptors (Lipinski definition) is 5. The molecule has 3 rings (SSSR count). The van der Waals surface area contributed by atoms with E-state index in [-0.39, 0.29) is 5.97 Å². The Morgan fingerprint density at radius 2 is 2.20 bits per heavy atom. The molecule has 5 nitrogen and oxygen atoms in total. The van der Waals surface area contributed by atoms with Crippen LogP contribution in [0.2, 0.25) is 0 Å². The van der Waals surface area contributed by atoms with Gasteiger partial charge in [0.05, 0.1) is 12.7 Å². The van der Waals surface area contributed by atoms with Crippen molar-refractivity contribution in [3.8, 4) is 0 Å². The van der Waals surface area contributed by atoms with Gasteiger partial charge < -0.3 is 9.15 Å². The lowest BCUT2D eigenvalue weighted by Gasteiger charge is -2.01. The van der Waals surface area contributed by atoms with Gasteiger partial charge in [0, 0.05) is 12.6 Å². The molecule has 0 saturated carbocycles. The number of ether oxygens (including phenoxy) is 1. The molecule has 3 aromatic rings. The smallest absolute Gasteiger partial charge is 0.337 e. The Kier molecular flexibility index (Phi) is 3.16. The highest BCUT2D eigenvalue weighted by Gasteiger charge is 2.09. The van der Waals surface area contributed by atoms with Gasteiger partial charge in [-0.2, -0.15) is 4.98 Å². The maximum absolute atomic E-state index is 11.5. The third-order valence-electron chi connectivity index (χ3n) is 2.91. The Morgan fingerprint density at radius 3 is 3.00 bits per heavy atom. The van der Waals surface area contributed by atoms with Crippen LogP contribution in [-0.2, 0) is 11.2 Å². The molecule has 0 amide bonds. The number of nitrogens with zero attached hydrogens (tertiary/aromatic N) is 2. The standard InChI is InChI=1S/C15H12N2O3/c1-19-15(18)11-5-2-4-10(8-11)9-13-17-14-12(20-13)6-3-7-16-14/h2-8H,9H2,1H3. The minimum Gasteiger partial charge on any atom is -0.465 e. The number of esters is 1. The Bertz CT molecular complexity index is 731. The third-order valence-corrected chi connectivity index (χ3v) is 2.91. The van der Waals surface area contributed by atoms with Crippen LogP contribution >= 0.6 is 0 Å².